The predicted molar refractivity (Wildman–Crippen MR) is 130 cm³/mol. The first-order valence-corrected chi connectivity index (χ1v) is 12.2. The van der Waals surface area contributed by atoms with Gasteiger partial charge in [-0.05, 0) is 44.1 Å². The zero-order valence-corrected chi connectivity index (χ0v) is 20.6. The second kappa shape index (κ2) is 14.1. The molecule has 0 aromatic heterocycles. The Balaban J connectivity index is 2.17. The zero-order chi connectivity index (χ0) is 24.1. The number of amides is 2. The number of carbonyl (C=O) groups is 2. The molecule has 2 rings (SSSR count). The summed E-state index contributed by atoms with van der Waals surface area (Å²) in [5.74, 6) is -0.717. The summed E-state index contributed by atoms with van der Waals surface area (Å²) in [5.41, 5.74) is 8.56. The number of benzene rings is 1. The van der Waals surface area contributed by atoms with Gasteiger partial charge in [0, 0.05) is 19.6 Å². The van der Waals surface area contributed by atoms with Crippen molar-refractivity contribution < 1.29 is 19.2 Å². The Hall–Kier alpha value is -2.22. The molecule has 1 heterocycles. The van der Waals surface area contributed by atoms with Crippen molar-refractivity contribution >= 4 is 17.9 Å². The van der Waals surface area contributed by atoms with Gasteiger partial charge in [-0.15, -0.1) is 0 Å². The van der Waals surface area contributed by atoms with E-state index in [9.17, 15) is 9.59 Å². The van der Waals surface area contributed by atoms with E-state index in [0.29, 0.717) is 31.9 Å². The predicted octanol–water partition coefficient (Wildman–Crippen LogP) is 4.36. The minimum absolute atomic E-state index is 0.188. The molecule has 3 atom stereocenters. The summed E-state index contributed by atoms with van der Waals surface area (Å²) in [6, 6.07) is 9.91. The van der Waals surface area contributed by atoms with Crippen LogP contribution in [0.2, 0.25) is 0 Å². The van der Waals surface area contributed by atoms with Crippen LogP contribution in [0, 0.1) is 17.3 Å². The number of ether oxygens (including phenoxy) is 1. The van der Waals surface area contributed by atoms with Crippen molar-refractivity contribution in [1.29, 1.82) is 0 Å². The van der Waals surface area contributed by atoms with Gasteiger partial charge in [0.15, 0.2) is 6.29 Å². The maximum atomic E-state index is 13.3. The maximum Gasteiger partial charge on any atom is 0.248 e. The van der Waals surface area contributed by atoms with Crippen LogP contribution >= 0.6 is 0 Å². The number of allylic oxidation sites excluding steroid dienone is 1. The van der Waals surface area contributed by atoms with Crippen molar-refractivity contribution in [2.24, 2.45) is 17.3 Å². The van der Waals surface area contributed by atoms with Crippen LogP contribution in [0.25, 0.3) is 6.08 Å². The molecule has 184 valence electrons. The molecule has 7 nitrogen and oxygen atoms in total. The summed E-state index contributed by atoms with van der Waals surface area (Å²) in [6.45, 7) is 9.30. The SMILES string of the molecule is CCC[C@@](C)(C(=O)NNCC(C)C)[C@H](CC=Cc1ccccc1)C(=O)NOC1CCCCO1. The lowest BCUT2D eigenvalue weighted by molar-refractivity contribution is -0.203. The van der Waals surface area contributed by atoms with Crippen molar-refractivity contribution in [3.63, 3.8) is 0 Å². The first kappa shape index (κ1) is 27.0. The van der Waals surface area contributed by atoms with Crippen molar-refractivity contribution in [3.05, 3.63) is 42.0 Å². The van der Waals surface area contributed by atoms with Gasteiger partial charge in [-0.2, -0.15) is 0 Å². The molecule has 3 N–H and O–H groups in total. The van der Waals surface area contributed by atoms with Crippen LogP contribution in [0.15, 0.2) is 36.4 Å². The number of hydroxylamine groups is 1. The van der Waals surface area contributed by atoms with Crippen LogP contribution in [-0.4, -0.2) is 31.3 Å². The van der Waals surface area contributed by atoms with E-state index >= 15 is 0 Å². The van der Waals surface area contributed by atoms with Gasteiger partial charge in [-0.25, -0.2) is 15.7 Å². The molecule has 0 bridgehead atoms. The third-order valence-corrected chi connectivity index (χ3v) is 6.00. The summed E-state index contributed by atoms with van der Waals surface area (Å²) in [4.78, 5) is 32.2. The fraction of sp³-hybridized carbons (Fsp3) is 0.615. The minimum atomic E-state index is -0.916. The molecule has 0 spiro atoms. The van der Waals surface area contributed by atoms with E-state index in [-0.39, 0.29) is 11.8 Å². The lowest BCUT2D eigenvalue weighted by atomic mass is 9.71. The third-order valence-electron chi connectivity index (χ3n) is 6.00. The van der Waals surface area contributed by atoms with Crippen LogP contribution in [0.4, 0.5) is 0 Å². The van der Waals surface area contributed by atoms with Gasteiger partial charge in [0.25, 0.3) is 0 Å². The number of hydrogen-bond donors (Lipinski definition) is 3. The smallest absolute Gasteiger partial charge is 0.248 e. The Labute approximate surface area is 198 Å². The van der Waals surface area contributed by atoms with Gasteiger partial charge in [-0.1, -0.05) is 69.7 Å². The molecule has 7 heteroatoms. The van der Waals surface area contributed by atoms with E-state index < -0.39 is 17.6 Å². The van der Waals surface area contributed by atoms with Crippen molar-refractivity contribution in [1.82, 2.24) is 16.3 Å². The Bertz CT molecular complexity index is 747. The van der Waals surface area contributed by atoms with Crippen molar-refractivity contribution in [2.45, 2.75) is 72.5 Å². The molecule has 33 heavy (non-hydrogen) atoms. The summed E-state index contributed by atoms with van der Waals surface area (Å²) >= 11 is 0. The van der Waals surface area contributed by atoms with Crippen LogP contribution in [0.1, 0.15) is 71.8 Å². The first-order valence-electron chi connectivity index (χ1n) is 12.2. The quantitative estimate of drug-likeness (QED) is 0.381. The number of hydrazine groups is 1. The fourth-order valence-electron chi connectivity index (χ4n) is 4.00. The highest BCUT2D eigenvalue weighted by molar-refractivity contribution is 5.90. The Morgan fingerprint density at radius 1 is 1.24 bits per heavy atom. The molecule has 0 radical (unpaired) electrons. The first-order chi connectivity index (χ1) is 15.9. The number of nitrogens with one attached hydrogen (secondary N) is 3. The Morgan fingerprint density at radius 2 is 2.00 bits per heavy atom. The summed E-state index contributed by atoms with van der Waals surface area (Å²) < 4.78 is 5.56. The molecular weight excluding hydrogens is 418 g/mol. The van der Waals surface area contributed by atoms with E-state index in [2.05, 4.69) is 30.2 Å². The average Bonchev–Trinajstić information content (AvgIpc) is 2.81. The van der Waals surface area contributed by atoms with E-state index in [1.54, 1.807) is 0 Å². The second-order valence-electron chi connectivity index (χ2n) is 9.38. The van der Waals surface area contributed by atoms with E-state index in [0.717, 1.165) is 31.2 Å². The monoisotopic (exact) mass is 459 g/mol. The van der Waals surface area contributed by atoms with Gasteiger partial charge in [-0.3, -0.25) is 15.0 Å². The Kier molecular flexibility index (Phi) is 11.6. The van der Waals surface area contributed by atoms with Gasteiger partial charge in [0.2, 0.25) is 11.8 Å². The van der Waals surface area contributed by atoms with Crippen LogP contribution in [0.3, 0.4) is 0 Å². The fourth-order valence-corrected chi connectivity index (χ4v) is 4.00. The molecule has 1 aliphatic heterocycles. The normalized spacial score (nSPS) is 19.2. The minimum Gasteiger partial charge on any atom is -0.350 e. The molecule has 1 fully saturated rings. The highest BCUT2D eigenvalue weighted by Gasteiger charge is 2.44. The molecule has 2 amide bonds. The Morgan fingerprint density at radius 3 is 2.64 bits per heavy atom. The van der Waals surface area contributed by atoms with Crippen LogP contribution in [-0.2, 0) is 19.2 Å². The van der Waals surface area contributed by atoms with Gasteiger partial charge in [0.05, 0.1) is 11.3 Å². The van der Waals surface area contributed by atoms with Gasteiger partial charge in [0.1, 0.15) is 0 Å². The van der Waals surface area contributed by atoms with Gasteiger partial charge >= 0.3 is 0 Å². The second-order valence-corrected chi connectivity index (χ2v) is 9.38. The lowest BCUT2D eigenvalue weighted by Gasteiger charge is -2.35. The molecule has 1 saturated heterocycles. The molecular formula is C26H41N3O4. The van der Waals surface area contributed by atoms with E-state index in [1.807, 2.05) is 56.3 Å². The molecule has 1 aromatic carbocycles. The van der Waals surface area contributed by atoms with Crippen LogP contribution < -0.4 is 16.3 Å². The highest BCUT2D eigenvalue weighted by Crippen LogP contribution is 2.36. The molecule has 0 aliphatic carbocycles. The molecule has 1 aromatic rings. The number of rotatable bonds is 13. The zero-order valence-electron chi connectivity index (χ0n) is 20.6. The van der Waals surface area contributed by atoms with E-state index in [1.165, 1.54) is 0 Å². The molecule has 0 saturated carbocycles. The van der Waals surface area contributed by atoms with Crippen LogP contribution in [0.5, 0.6) is 0 Å². The lowest BCUT2D eigenvalue weighted by Crippen LogP contribution is -2.53. The summed E-state index contributed by atoms with van der Waals surface area (Å²) in [6.07, 6.45) is 7.98. The molecule has 1 unspecified atom stereocenters. The maximum absolute atomic E-state index is 13.3. The third kappa shape index (κ3) is 8.91. The van der Waals surface area contributed by atoms with Crippen molar-refractivity contribution in [2.75, 3.05) is 13.2 Å². The average molecular weight is 460 g/mol. The van der Waals surface area contributed by atoms with E-state index in [4.69, 9.17) is 9.57 Å². The van der Waals surface area contributed by atoms with Crippen molar-refractivity contribution in [3.8, 4) is 0 Å². The molecule has 1 aliphatic rings. The largest absolute Gasteiger partial charge is 0.350 e. The summed E-state index contributed by atoms with van der Waals surface area (Å²) in [5, 5.41) is 0. The topological polar surface area (TPSA) is 88.7 Å². The highest BCUT2D eigenvalue weighted by atomic mass is 16.8. The van der Waals surface area contributed by atoms with Gasteiger partial charge < -0.3 is 4.74 Å². The number of carbonyl (C=O) groups excluding carboxylic acids is 2. The summed E-state index contributed by atoms with van der Waals surface area (Å²) in [7, 11) is 0. The standard InChI is InChI=1S/C26H41N3O4/c1-5-17-26(4,25(31)28-27-19-20(2)3)22(15-11-14-21-12-7-6-8-13-21)24(30)29-33-23-16-9-10-18-32-23/h6-8,11-14,20,22-23,27H,5,9-10,15-19H2,1-4H3,(H,28,31)(H,29,30)/t22-,23?,26-/m1/s1. The number of hydrogen-bond acceptors (Lipinski definition) is 5.